The molecule has 0 spiro atoms. The lowest BCUT2D eigenvalue weighted by Gasteiger charge is -2.10. The normalized spacial score (nSPS) is 11.7. The van der Waals surface area contributed by atoms with E-state index >= 15 is 0 Å². The number of unbranched alkanes of at least 4 members (excludes halogenated alkanes) is 36. The Morgan fingerprint density at radius 3 is 0.500 bits per heavy atom. The fraction of sp³-hybridized carbons (Fsp3) is 1.00. The first-order valence-corrected chi connectivity index (χ1v) is 24.2. The summed E-state index contributed by atoms with van der Waals surface area (Å²) in [6.45, 7) is 9.76. The molecule has 0 radical (unpaired) electrons. The molecule has 0 aliphatic carbocycles. The Kier molecular flexibility index (Phi) is 42.5. The molecule has 0 saturated carbocycles. The maximum absolute atomic E-state index is 2.48. The van der Waals surface area contributed by atoms with E-state index in [0.717, 1.165) is 0 Å². The highest BCUT2D eigenvalue weighted by atomic mass is 35.5. The van der Waals surface area contributed by atoms with Crippen LogP contribution < -0.4 is 12.4 Å². The van der Waals surface area contributed by atoms with E-state index in [4.69, 9.17) is 0 Å². The molecular weight excluding hydrogens is 571 g/mol. The number of hydrogen-bond donors (Lipinski definition) is 0. The van der Waals surface area contributed by atoms with E-state index in [-0.39, 0.29) is 12.4 Å². The van der Waals surface area contributed by atoms with Crippen molar-refractivity contribution < 1.29 is 12.4 Å². The van der Waals surface area contributed by atoms with E-state index < -0.39 is 7.26 Å². The summed E-state index contributed by atoms with van der Waals surface area (Å²) in [6, 6.07) is 0. The molecule has 0 nitrogen and oxygen atoms in total. The first kappa shape index (κ1) is 46.8. The Balaban J connectivity index is 0. The first-order valence-electron chi connectivity index (χ1n) is 20.9. The lowest BCUT2D eigenvalue weighted by Crippen LogP contribution is -3.00. The topological polar surface area (TPSA) is 0 Å². The van der Waals surface area contributed by atoms with Crippen LogP contribution in [0.25, 0.3) is 0 Å². The van der Waals surface area contributed by atoms with Gasteiger partial charge < -0.3 is 12.4 Å². The largest absolute Gasteiger partial charge is 1.00 e. The number of rotatable bonds is 38. The van der Waals surface area contributed by atoms with Crippen LogP contribution in [-0.4, -0.2) is 26.2 Å². The van der Waals surface area contributed by atoms with Crippen LogP contribution >= 0.6 is 7.26 Å². The smallest absolute Gasteiger partial charge is 0.0586 e. The lowest BCUT2D eigenvalue weighted by atomic mass is 10.0. The second-order valence-corrected chi connectivity index (χ2v) is 20.8. The third kappa shape index (κ3) is 44.8. The first-order chi connectivity index (χ1) is 21.1. The Hall–Kier alpha value is 0.720. The maximum Gasteiger partial charge on any atom is 0.0586 e. The molecule has 0 unspecified atom stereocenters. The summed E-state index contributed by atoms with van der Waals surface area (Å²) in [5.74, 6) is 0. The molecular formula is C42H88ClP. The van der Waals surface area contributed by atoms with E-state index in [1.165, 1.54) is 244 Å². The zero-order valence-corrected chi connectivity index (χ0v) is 33.3. The molecule has 0 aliphatic rings. The summed E-state index contributed by atoms with van der Waals surface area (Å²) in [7, 11) is -0.521. The summed E-state index contributed by atoms with van der Waals surface area (Å²) in [6.07, 6.45) is 56.6. The van der Waals surface area contributed by atoms with Crippen molar-refractivity contribution in [1.29, 1.82) is 0 Å². The second kappa shape index (κ2) is 39.9. The lowest BCUT2D eigenvalue weighted by molar-refractivity contribution is -0.00000981. The molecule has 0 heterocycles. The van der Waals surface area contributed by atoms with Gasteiger partial charge in [-0.25, -0.2) is 0 Å². The van der Waals surface area contributed by atoms with Crippen molar-refractivity contribution in [1.82, 2.24) is 0 Å². The van der Waals surface area contributed by atoms with E-state index in [9.17, 15) is 0 Å². The van der Waals surface area contributed by atoms with Gasteiger partial charge in [0.15, 0.2) is 0 Å². The molecule has 0 aromatic heterocycles. The Bertz CT molecular complexity index is 485. The zero-order valence-electron chi connectivity index (χ0n) is 31.7. The standard InChI is InChI=1S/C42H88P.ClH/c1-5-6-7-8-9-10-11-12-13-14-15-16-17-18-19-20-21-22-23-24-25-26-27-28-29-30-31-32-33-34-35-36-37-38-39-40-41-42-43(2,3)4;/h5-42H2,1-4H3;1H/q+1;/p-1. The molecule has 0 fully saturated rings. The highest BCUT2D eigenvalue weighted by Gasteiger charge is 2.15. The van der Waals surface area contributed by atoms with Crippen LogP contribution in [0.1, 0.15) is 244 Å². The van der Waals surface area contributed by atoms with Gasteiger partial charge in [-0.3, -0.25) is 0 Å². The Morgan fingerprint density at radius 2 is 0.364 bits per heavy atom. The van der Waals surface area contributed by atoms with Crippen molar-refractivity contribution in [2.75, 3.05) is 26.2 Å². The van der Waals surface area contributed by atoms with E-state index in [2.05, 4.69) is 26.9 Å². The van der Waals surface area contributed by atoms with Gasteiger partial charge in [0.25, 0.3) is 0 Å². The molecule has 0 atom stereocenters. The summed E-state index contributed by atoms with van der Waals surface area (Å²) < 4.78 is 0. The second-order valence-electron chi connectivity index (χ2n) is 15.7. The molecule has 0 aromatic carbocycles. The van der Waals surface area contributed by atoms with Crippen LogP contribution in [0, 0.1) is 0 Å². The Labute approximate surface area is 289 Å². The number of halogens is 1. The van der Waals surface area contributed by atoms with E-state index in [1.807, 2.05) is 0 Å². The summed E-state index contributed by atoms with van der Waals surface area (Å²) in [5.41, 5.74) is 0. The highest BCUT2D eigenvalue weighted by molar-refractivity contribution is 7.73. The third-order valence-electron chi connectivity index (χ3n) is 9.93. The van der Waals surface area contributed by atoms with Gasteiger partial charge in [0.05, 0.1) is 6.16 Å². The van der Waals surface area contributed by atoms with Gasteiger partial charge in [-0.2, -0.15) is 0 Å². The van der Waals surface area contributed by atoms with Crippen LogP contribution in [0.3, 0.4) is 0 Å². The highest BCUT2D eigenvalue weighted by Crippen LogP contribution is 2.47. The summed E-state index contributed by atoms with van der Waals surface area (Å²) in [4.78, 5) is 0. The van der Waals surface area contributed by atoms with Crippen molar-refractivity contribution in [2.45, 2.75) is 244 Å². The van der Waals surface area contributed by atoms with Gasteiger partial charge in [-0.1, -0.05) is 232 Å². The van der Waals surface area contributed by atoms with E-state index in [0.29, 0.717) is 0 Å². The quantitative estimate of drug-likeness (QED) is 0.0457. The molecule has 44 heavy (non-hydrogen) atoms. The summed E-state index contributed by atoms with van der Waals surface area (Å²) >= 11 is 0. The average molecular weight is 660 g/mol. The van der Waals surface area contributed by atoms with Crippen molar-refractivity contribution in [3.05, 3.63) is 0 Å². The minimum absolute atomic E-state index is 0. The van der Waals surface area contributed by atoms with Crippen molar-refractivity contribution in [3.63, 3.8) is 0 Å². The van der Waals surface area contributed by atoms with Crippen LogP contribution in [-0.2, 0) is 0 Å². The molecule has 0 N–H and O–H groups in total. The predicted molar refractivity (Wildman–Crippen MR) is 206 cm³/mol. The predicted octanol–water partition coefficient (Wildman–Crippen LogP) is 13.4. The average Bonchev–Trinajstić information content (AvgIpc) is 2.98. The fourth-order valence-corrected chi connectivity index (χ4v) is 8.02. The van der Waals surface area contributed by atoms with Crippen molar-refractivity contribution >= 4 is 7.26 Å². The molecule has 0 bridgehead atoms. The third-order valence-corrected chi connectivity index (χ3v) is 11.6. The molecule has 0 saturated heterocycles. The maximum atomic E-state index is 2.48. The zero-order chi connectivity index (χ0) is 31.4. The van der Waals surface area contributed by atoms with Crippen LogP contribution in [0.5, 0.6) is 0 Å². The van der Waals surface area contributed by atoms with Crippen LogP contribution in [0.2, 0.25) is 0 Å². The molecule has 268 valence electrons. The van der Waals surface area contributed by atoms with Gasteiger partial charge in [-0.05, 0) is 12.8 Å². The fourth-order valence-electron chi connectivity index (χ4n) is 6.85. The van der Waals surface area contributed by atoms with Crippen LogP contribution in [0.15, 0.2) is 0 Å². The van der Waals surface area contributed by atoms with Gasteiger partial charge >= 0.3 is 0 Å². The SMILES string of the molecule is CCCCCCCCCCCCCCCCCCCCCCCCCCCCCCCCCCCCCCC[P+](C)(C)C.[Cl-]. The molecule has 0 rings (SSSR count). The summed E-state index contributed by atoms with van der Waals surface area (Å²) in [5, 5.41) is 0. The van der Waals surface area contributed by atoms with Crippen LogP contribution in [0.4, 0.5) is 0 Å². The molecule has 0 aliphatic heterocycles. The van der Waals surface area contributed by atoms with Crippen molar-refractivity contribution in [3.8, 4) is 0 Å². The molecule has 2 heteroatoms. The molecule has 0 amide bonds. The van der Waals surface area contributed by atoms with Gasteiger partial charge in [0, 0.05) is 27.3 Å². The molecule has 0 aromatic rings. The van der Waals surface area contributed by atoms with Gasteiger partial charge in [0.2, 0.25) is 0 Å². The van der Waals surface area contributed by atoms with Crippen molar-refractivity contribution in [2.24, 2.45) is 0 Å². The number of hydrogen-bond acceptors (Lipinski definition) is 0. The Morgan fingerprint density at radius 1 is 0.227 bits per heavy atom. The van der Waals surface area contributed by atoms with E-state index in [1.54, 1.807) is 0 Å². The van der Waals surface area contributed by atoms with Gasteiger partial charge in [0.1, 0.15) is 0 Å². The minimum atomic E-state index is -0.521. The minimum Gasteiger partial charge on any atom is -1.00 e. The monoisotopic (exact) mass is 659 g/mol. The van der Waals surface area contributed by atoms with Gasteiger partial charge in [-0.15, -0.1) is 0 Å².